The van der Waals surface area contributed by atoms with Crippen molar-refractivity contribution in [1.82, 2.24) is 19.2 Å². The van der Waals surface area contributed by atoms with Crippen molar-refractivity contribution >= 4 is 26.8 Å². The molecular formula is C31H42N4O5S. The van der Waals surface area contributed by atoms with Gasteiger partial charge in [-0.15, -0.1) is 0 Å². The number of benzene rings is 1. The molecule has 9 nitrogen and oxygen atoms in total. The van der Waals surface area contributed by atoms with Gasteiger partial charge in [0.2, 0.25) is 10.0 Å². The third-order valence-corrected chi connectivity index (χ3v) is 10.9. The van der Waals surface area contributed by atoms with Crippen LogP contribution in [0.15, 0.2) is 35.1 Å². The number of nitrogens with zero attached hydrogens (tertiary/aromatic N) is 2. The van der Waals surface area contributed by atoms with E-state index >= 15 is 0 Å². The lowest BCUT2D eigenvalue weighted by Crippen LogP contribution is -2.41. The number of para-hydroxylation sites is 1. The minimum atomic E-state index is -3.30. The fraction of sp³-hybridized carbons (Fsp3) is 0.548. The van der Waals surface area contributed by atoms with Crippen molar-refractivity contribution in [3.63, 3.8) is 0 Å². The molecule has 2 aliphatic rings. The van der Waals surface area contributed by atoms with Crippen molar-refractivity contribution < 1.29 is 17.9 Å². The summed E-state index contributed by atoms with van der Waals surface area (Å²) in [5.41, 5.74) is 4.47. The quantitative estimate of drug-likeness (QED) is 0.389. The van der Waals surface area contributed by atoms with E-state index in [-0.39, 0.29) is 41.8 Å². The summed E-state index contributed by atoms with van der Waals surface area (Å²) in [5.74, 6) is 0.209. The molecule has 3 aromatic rings. The Kier molecular flexibility index (Phi) is 8.73. The van der Waals surface area contributed by atoms with Gasteiger partial charge in [0.25, 0.3) is 11.5 Å². The van der Waals surface area contributed by atoms with Crippen molar-refractivity contribution in [2.45, 2.75) is 78.5 Å². The molecule has 5 rings (SSSR count). The van der Waals surface area contributed by atoms with Crippen molar-refractivity contribution in [2.24, 2.45) is 5.92 Å². The van der Waals surface area contributed by atoms with Crippen molar-refractivity contribution in [1.29, 1.82) is 0 Å². The summed E-state index contributed by atoms with van der Waals surface area (Å²) < 4.78 is 35.5. The number of H-pyrrole nitrogens is 1. The highest BCUT2D eigenvalue weighted by molar-refractivity contribution is 7.89. The largest absolute Gasteiger partial charge is 0.378 e. The van der Waals surface area contributed by atoms with Gasteiger partial charge in [-0.1, -0.05) is 18.2 Å². The normalized spacial score (nSPS) is 19.6. The van der Waals surface area contributed by atoms with Crippen LogP contribution in [0.5, 0.6) is 0 Å². The minimum Gasteiger partial charge on any atom is -0.378 e. The fourth-order valence-electron chi connectivity index (χ4n) is 6.69. The van der Waals surface area contributed by atoms with E-state index in [4.69, 9.17) is 4.74 Å². The maximum atomic E-state index is 13.5. The molecule has 2 aromatic heterocycles. The summed E-state index contributed by atoms with van der Waals surface area (Å²) in [6.07, 6.45) is 4.13. The van der Waals surface area contributed by atoms with Gasteiger partial charge in [0.05, 0.1) is 17.4 Å². The molecule has 10 heteroatoms. The average Bonchev–Trinajstić information content (AvgIpc) is 3.56. The summed E-state index contributed by atoms with van der Waals surface area (Å²) in [5, 5.41) is 3.85. The number of sulfonamides is 1. The van der Waals surface area contributed by atoms with Crippen LogP contribution in [0.4, 0.5) is 0 Å². The first-order chi connectivity index (χ1) is 19.6. The molecule has 0 spiro atoms. The molecule has 4 heterocycles. The molecule has 0 aliphatic carbocycles. The first-order valence-corrected chi connectivity index (χ1v) is 16.3. The first kappa shape index (κ1) is 29.5. The Hall–Kier alpha value is -2.95. The topological polar surface area (TPSA) is 114 Å². The SMILES string of the molecule is Cc1cc(C)c(CNC(=O)c2c(C)n([C@H](C)C3CCN(S(=O)(=O)CCC4CCCO4)CC3)c3ccccc23)c(=O)[nH]1. The average molecular weight is 583 g/mol. The lowest BCUT2D eigenvalue weighted by atomic mass is 9.91. The van der Waals surface area contributed by atoms with Gasteiger partial charge >= 0.3 is 0 Å². The fourth-order valence-corrected chi connectivity index (χ4v) is 8.28. The van der Waals surface area contributed by atoms with E-state index < -0.39 is 10.0 Å². The third-order valence-electron chi connectivity index (χ3n) is 9.01. The number of hydrogen-bond donors (Lipinski definition) is 2. The number of ether oxygens (including phenoxy) is 1. The Bertz CT molecular complexity index is 1580. The van der Waals surface area contributed by atoms with Gasteiger partial charge < -0.3 is 19.6 Å². The number of carbonyl (C=O) groups is 1. The van der Waals surface area contributed by atoms with Gasteiger partial charge in [-0.05, 0) is 83.4 Å². The number of hydrogen-bond acceptors (Lipinski definition) is 5. The maximum Gasteiger partial charge on any atom is 0.254 e. The number of amides is 1. The number of rotatable bonds is 9. The molecule has 1 unspecified atom stereocenters. The molecule has 222 valence electrons. The van der Waals surface area contributed by atoms with E-state index in [0.717, 1.165) is 60.1 Å². The van der Waals surface area contributed by atoms with E-state index in [0.29, 0.717) is 30.6 Å². The molecule has 2 aliphatic heterocycles. The van der Waals surface area contributed by atoms with Crippen LogP contribution in [0.2, 0.25) is 0 Å². The van der Waals surface area contributed by atoms with Crippen LogP contribution in [0.1, 0.15) is 77.9 Å². The van der Waals surface area contributed by atoms with Crippen LogP contribution in [0, 0.1) is 26.7 Å². The van der Waals surface area contributed by atoms with E-state index in [9.17, 15) is 18.0 Å². The Balaban J connectivity index is 1.30. The van der Waals surface area contributed by atoms with E-state index in [1.165, 1.54) is 0 Å². The predicted molar refractivity (Wildman–Crippen MR) is 161 cm³/mol. The van der Waals surface area contributed by atoms with Gasteiger partial charge in [-0.3, -0.25) is 9.59 Å². The zero-order valence-electron chi connectivity index (χ0n) is 24.5. The Morgan fingerprint density at radius 3 is 2.56 bits per heavy atom. The second-order valence-corrected chi connectivity index (χ2v) is 13.8. The second kappa shape index (κ2) is 12.1. The molecule has 0 bridgehead atoms. The molecule has 0 saturated carbocycles. The molecule has 2 atom stereocenters. The smallest absolute Gasteiger partial charge is 0.254 e. The van der Waals surface area contributed by atoms with Crippen LogP contribution < -0.4 is 10.9 Å². The van der Waals surface area contributed by atoms with Gasteiger partial charge in [0.15, 0.2) is 0 Å². The van der Waals surface area contributed by atoms with Crippen LogP contribution in [0.25, 0.3) is 10.9 Å². The summed E-state index contributed by atoms with van der Waals surface area (Å²) in [4.78, 5) is 28.8. The highest BCUT2D eigenvalue weighted by Crippen LogP contribution is 2.36. The highest BCUT2D eigenvalue weighted by atomic mass is 32.2. The predicted octanol–water partition coefficient (Wildman–Crippen LogP) is 4.36. The van der Waals surface area contributed by atoms with E-state index in [2.05, 4.69) is 21.8 Å². The van der Waals surface area contributed by atoms with Crippen LogP contribution in [-0.2, 0) is 21.3 Å². The lowest BCUT2D eigenvalue weighted by molar-refractivity contribution is 0.0951. The summed E-state index contributed by atoms with van der Waals surface area (Å²) in [6, 6.07) is 9.90. The van der Waals surface area contributed by atoms with Crippen molar-refractivity contribution in [2.75, 3.05) is 25.4 Å². The van der Waals surface area contributed by atoms with Gasteiger partial charge in [-0.2, -0.15) is 0 Å². The van der Waals surface area contributed by atoms with E-state index in [1.54, 1.807) is 4.31 Å². The van der Waals surface area contributed by atoms with Gasteiger partial charge in [0.1, 0.15) is 0 Å². The first-order valence-electron chi connectivity index (χ1n) is 14.7. The summed E-state index contributed by atoms with van der Waals surface area (Å²) >= 11 is 0. The maximum absolute atomic E-state index is 13.5. The number of pyridine rings is 1. The zero-order chi connectivity index (χ0) is 29.3. The third kappa shape index (κ3) is 6.15. The molecule has 41 heavy (non-hydrogen) atoms. The Morgan fingerprint density at radius 2 is 1.88 bits per heavy atom. The minimum absolute atomic E-state index is 0.0698. The van der Waals surface area contributed by atoms with Gasteiger partial charge in [-0.25, -0.2) is 12.7 Å². The Morgan fingerprint density at radius 1 is 1.15 bits per heavy atom. The molecule has 1 amide bonds. The molecule has 2 saturated heterocycles. The molecule has 2 N–H and O–H groups in total. The number of aromatic nitrogens is 2. The van der Waals surface area contributed by atoms with Crippen LogP contribution in [-0.4, -0.2) is 59.7 Å². The number of carbonyl (C=O) groups excluding carboxylic acids is 1. The van der Waals surface area contributed by atoms with E-state index in [1.807, 2.05) is 51.1 Å². The highest BCUT2D eigenvalue weighted by Gasteiger charge is 2.33. The Labute approximate surface area is 242 Å². The monoisotopic (exact) mass is 582 g/mol. The van der Waals surface area contributed by atoms with Crippen LogP contribution >= 0.6 is 0 Å². The van der Waals surface area contributed by atoms with Crippen molar-refractivity contribution in [3.05, 3.63) is 68.8 Å². The zero-order valence-corrected chi connectivity index (χ0v) is 25.4. The second-order valence-electron chi connectivity index (χ2n) is 11.7. The molecule has 0 radical (unpaired) electrons. The van der Waals surface area contributed by atoms with Crippen molar-refractivity contribution in [3.8, 4) is 0 Å². The number of piperidine rings is 1. The molecule has 2 fully saturated rings. The van der Waals surface area contributed by atoms with Gasteiger partial charge in [0, 0.05) is 60.1 Å². The standard InChI is InChI=1S/C31H42N4O5S/c1-20-18-21(2)33-30(36)27(20)19-32-31(37)29-23(4)35(28-10-6-5-9-26(28)29)22(3)24-11-14-34(15-12-24)41(38,39)17-13-25-8-7-16-40-25/h5-6,9-10,18,22,24-25H,7-8,11-17,19H2,1-4H3,(H,32,37)(H,33,36)/t22-,25?/m1/s1. The lowest BCUT2D eigenvalue weighted by Gasteiger charge is -2.35. The number of aryl methyl sites for hydroxylation is 2. The number of nitrogens with one attached hydrogen (secondary N) is 2. The summed E-state index contributed by atoms with van der Waals surface area (Å²) in [6.45, 7) is 9.76. The number of aromatic amines is 1. The molecule has 1 aromatic carbocycles. The van der Waals surface area contributed by atoms with Crippen LogP contribution in [0.3, 0.4) is 0 Å². The number of fused-ring (bicyclic) bond motifs is 1. The summed E-state index contributed by atoms with van der Waals surface area (Å²) in [7, 11) is -3.30. The molecular weight excluding hydrogens is 540 g/mol.